The summed E-state index contributed by atoms with van der Waals surface area (Å²) in [5.74, 6) is 1.17. The SMILES string of the molecule is CCc1ccc2nc(-c3cccc(C)c3)nc(SCC(=O)NC3CC3)c2c1. The third kappa shape index (κ3) is 4.30. The maximum absolute atomic E-state index is 12.2. The fourth-order valence-electron chi connectivity index (χ4n) is 3.02. The molecule has 0 atom stereocenters. The number of benzene rings is 2. The van der Waals surface area contributed by atoms with Gasteiger partial charge in [0.2, 0.25) is 5.91 Å². The van der Waals surface area contributed by atoms with E-state index in [1.54, 1.807) is 0 Å². The van der Waals surface area contributed by atoms with Gasteiger partial charge in [0, 0.05) is 17.0 Å². The van der Waals surface area contributed by atoms with Gasteiger partial charge < -0.3 is 5.32 Å². The zero-order valence-electron chi connectivity index (χ0n) is 15.7. The van der Waals surface area contributed by atoms with Crippen molar-refractivity contribution in [2.75, 3.05) is 5.75 Å². The Kier molecular flexibility index (Phi) is 5.12. The van der Waals surface area contributed by atoms with Gasteiger partial charge in [-0.25, -0.2) is 9.97 Å². The Morgan fingerprint density at radius 3 is 2.78 bits per heavy atom. The molecule has 27 heavy (non-hydrogen) atoms. The summed E-state index contributed by atoms with van der Waals surface area (Å²) in [6.45, 7) is 4.20. The predicted octanol–water partition coefficient (Wildman–Crippen LogP) is 4.54. The molecule has 0 unspecified atom stereocenters. The van der Waals surface area contributed by atoms with E-state index in [1.165, 1.54) is 22.9 Å². The van der Waals surface area contributed by atoms with Crippen molar-refractivity contribution in [2.45, 2.75) is 44.2 Å². The van der Waals surface area contributed by atoms with E-state index in [0.29, 0.717) is 17.6 Å². The van der Waals surface area contributed by atoms with Crippen molar-refractivity contribution in [3.63, 3.8) is 0 Å². The molecule has 2 aromatic carbocycles. The molecular formula is C22H23N3OS. The molecule has 5 heteroatoms. The van der Waals surface area contributed by atoms with Gasteiger partial charge in [0.1, 0.15) is 5.03 Å². The zero-order chi connectivity index (χ0) is 18.8. The van der Waals surface area contributed by atoms with E-state index < -0.39 is 0 Å². The average molecular weight is 378 g/mol. The van der Waals surface area contributed by atoms with Gasteiger partial charge in [0.25, 0.3) is 0 Å². The molecule has 138 valence electrons. The van der Waals surface area contributed by atoms with Crippen molar-refractivity contribution >= 4 is 28.6 Å². The summed E-state index contributed by atoms with van der Waals surface area (Å²) in [6, 6.07) is 14.9. The molecule has 4 rings (SSSR count). The largest absolute Gasteiger partial charge is 0.353 e. The number of hydrogen-bond acceptors (Lipinski definition) is 4. The Bertz CT molecular complexity index is 998. The lowest BCUT2D eigenvalue weighted by Crippen LogP contribution is -2.27. The van der Waals surface area contributed by atoms with Gasteiger partial charge in [0.05, 0.1) is 11.3 Å². The third-order valence-corrected chi connectivity index (χ3v) is 5.68. The lowest BCUT2D eigenvalue weighted by Gasteiger charge is -2.10. The second-order valence-electron chi connectivity index (χ2n) is 7.06. The van der Waals surface area contributed by atoms with E-state index >= 15 is 0 Å². The molecule has 1 aliphatic rings. The van der Waals surface area contributed by atoms with Gasteiger partial charge in [0.15, 0.2) is 5.82 Å². The highest BCUT2D eigenvalue weighted by molar-refractivity contribution is 8.00. The summed E-state index contributed by atoms with van der Waals surface area (Å²) in [4.78, 5) is 21.8. The maximum atomic E-state index is 12.2. The normalized spacial score (nSPS) is 13.7. The Labute approximate surface area is 163 Å². The Hall–Kier alpha value is -2.40. The molecule has 3 aromatic rings. The second kappa shape index (κ2) is 7.69. The van der Waals surface area contributed by atoms with Crippen molar-refractivity contribution in [3.8, 4) is 11.4 Å². The Morgan fingerprint density at radius 1 is 1.19 bits per heavy atom. The number of hydrogen-bond donors (Lipinski definition) is 1. The van der Waals surface area contributed by atoms with Crippen molar-refractivity contribution < 1.29 is 4.79 Å². The van der Waals surface area contributed by atoms with Gasteiger partial charge in [-0.05, 0) is 49.9 Å². The summed E-state index contributed by atoms with van der Waals surface area (Å²) in [5.41, 5.74) is 4.35. The molecule has 1 aliphatic carbocycles. The molecule has 1 heterocycles. The van der Waals surface area contributed by atoms with Gasteiger partial charge >= 0.3 is 0 Å². The molecule has 1 amide bonds. The molecule has 1 fully saturated rings. The lowest BCUT2D eigenvalue weighted by atomic mass is 10.1. The average Bonchev–Trinajstić information content (AvgIpc) is 3.49. The molecule has 0 aliphatic heterocycles. The molecule has 1 N–H and O–H groups in total. The Morgan fingerprint density at radius 2 is 2.04 bits per heavy atom. The first kappa shape index (κ1) is 18.0. The summed E-state index contributed by atoms with van der Waals surface area (Å²) in [7, 11) is 0. The van der Waals surface area contributed by atoms with Crippen LogP contribution in [0, 0.1) is 6.92 Å². The zero-order valence-corrected chi connectivity index (χ0v) is 16.5. The van der Waals surface area contributed by atoms with Crippen LogP contribution in [-0.4, -0.2) is 27.7 Å². The van der Waals surface area contributed by atoms with E-state index in [1.807, 2.05) is 12.1 Å². The quantitative estimate of drug-likeness (QED) is 0.506. The molecule has 0 bridgehead atoms. The number of thioether (sulfide) groups is 1. The number of aryl methyl sites for hydroxylation is 2. The first-order valence-electron chi connectivity index (χ1n) is 9.42. The van der Waals surface area contributed by atoms with Gasteiger partial charge in [-0.1, -0.05) is 48.5 Å². The number of carbonyl (C=O) groups is 1. The van der Waals surface area contributed by atoms with Gasteiger partial charge in [-0.3, -0.25) is 4.79 Å². The molecule has 4 nitrogen and oxygen atoms in total. The van der Waals surface area contributed by atoms with Crippen molar-refractivity contribution in [2.24, 2.45) is 0 Å². The fraction of sp³-hybridized carbons (Fsp3) is 0.318. The van der Waals surface area contributed by atoms with Crippen molar-refractivity contribution in [1.82, 2.24) is 15.3 Å². The van der Waals surface area contributed by atoms with Crippen LogP contribution in [0.5, 0.6) is 0 Å². The van der Waals surface area contributed by atoms with Crippen molar-refractivity contribution in [3.05, 3.63) is 53.6 Å². The molecule has 0 saturated heterocycles. The minimum atomic E-state index is 0.0815. The summed E-state index contributed by atoms with van der Waals surface area (Å²) in [6.07, 6.45) is 3.16. The summed E-state index contributed by atoms with van der Waals surface area (Å²) < 4.78 is 0. The molecule has 1 saturated carbocycles. The maximum Gasteiger partial charge on any atom is 0.230 e. The number of amides is 1. The van der Waals surface area contributed by atoms with Crippen LogP contribution in [0.15, 0.2) is 47.5 Å². The van der Waals surface area contributed by atoms with Crippen LogP contribution in [-0.2, 0) is 11.2 Å². The van der Waals surface area contributed by atoms with Crippen LogP contribution in [0.25, 0.3) is 22.3 Å². The molecule has 0 spiro atoms. The topological polar surface area (TPSA) is 54.9 Å². The fourth-order valence-corrected chi connectivity index (χ4v) is 3.84. The van der Waals surface area contributed by atoms with E-state index in [4.69, 9.17) is 9.97 Å². The smallest absolute Gasteiger partial charge is 0.230 e. The minimum Gasteiger partial charge on any atom is -0.353 e. The van der Waals surface area contributed by atoms with Crippen LogP contribution >= 0.6 is 11.8 Å². The summed E-state index contributed by atoms with van der Waals surface area (Å²) >= 11 is 1.50. The van der Waals surface area contributed by atoms with E-state index in [0.717, 1.165) is 40.8 Å². The highest BCUT2D eigenvalue weighted by Gasteiger charge is 2.23. The van der Waals surface area contributed by atoms with E-state index in [9.17, 15) is 4.79 Å². The van der Waals surface area contributed by atoms with Crippen LogP contribution in [0.3, 0.4) is 0 Å². The standard InChI is InChI=1S/C22H23N3OS/c1-3-15-7-10-19-18(12-15)22(27-13-20(26)23-17-8-9-17)25-21(24-19)16-6-4-5-14(2)11-16/h4-7,10-12,17H,3,8-9,13H2,1-2H3,(H,23,26). The number of fused-ring (bicyclic) bond motifs is 1. The van der Waals surface area contributed by atoms with Gasteiger partial charge in [-0.2, -0.15) is 0 Å². The molecule has 1 aromatic heterocycles. The van der Waals surface area contributed by atoms with Crippen molar-refractivity contribution in [1.29, 1.82) is 0 Å². The monoisotopic (exact) mass is 377 g/mol. The van der Waals surface area contributed by atoms with E-state index in [2.05, 4.69) is 49.5 Å². The Balaban J connectivity index is 1.71. The first-order chi connectivity index (χ1) is 13.1. The summed E-state index contributed by atoms with van der Waals surface area (Å²) in [5, 5.41) is 4.94. The first-order valence-corrected chi connectivity index (χ1v) is 10.4. The second-order valence-corrected chi connectivity index (χ2v) is 8.02. The molecule has 0 radical (unpaired) electrons. The number of aromatic nitrogens is 2. The van der Waals surface area contributed by atoms with E-state index in [-0.39, 0.29) is 5.91 Å². The molecular weight excluding hydrogens is 354 g/mol. The van der Waals surface area contributed by atoms with Crippen LogP contribution in [0.2, 0.25) is 0 Å². The highest BCUT2D eigenvalue weighted by atomic mass is 32.2. The van der Waals surface area contributed by atoms with Gasteiger partial charge in [-0.15, -0.1) is 0 Å². The van der Waals surface area contributed by atoms with Crippen LogP contribution < -0.4 is 5.32 Å². The lowest BCUT2D eigenvalue weighted by molar-refractivity contribution is -0.118. The number of carbonyl (C=O) groups excluding carboxylic acids is 1. The number of nitrogens with one attached hydrogen (secondary N) is 1. The van der Waals surface area contributed by atoms with Crippen LogP contribution in [0.1, 0.15) is 30.9 Å². The highest BCUT2D eigenvalue weighted by Crippen LogP contribution is 2.30. The number of nitrogens with zero attached hydrogens (tertiary/aromatic N) is 2. The number of rotatable bonds is 6. The predicted molar refractivity (Wildman–Crippen MR) is 111 cm³/mol. The minimum absolute atomic E-state index is 0.0815. The van der Waals surface area contributed by atoms with Crippen LogP contribution in [0.4, 0.5) is 0 Å². The third-order valence-electron chi connectivity index (χ3n) is 4.69.